The largest absolute Gasteiger partial charge is 0.337 e. The van der Waals surface area contributed by atoms with Crippen LogP contribution >= 0.6 is 22.9 Å². The summed E-state index contributed by atoms with van der Waals surface area (Å²) in [5.41, 5.74) is 0.852. The highest BCUT2D eigenvalue weighted by atomic mass is 35.5. The van der Waals surface area contributed by atoms with Crippen LogP contribution < -0.4 is 10.6 Å². The molecule has 2 heterocycles. The van der Waals surface area contributed by atoms with Gasteiger partial charge in [-0.05, 0) is 76.7 Å². The monoisotopic (exact) mass is 476 g/mol. The van der Waals surface area contributed by atoms with Gasteiger partial charge in [0, 0.05) is 30.9 Å². The van der Waals surface area contributed by atoms with Crippen LogP contribution in [0.25, 0.3) is 0 Å². The van der Waals surface area contributed by atoms with Gasteiger partial charge in [0.15, 0.2) is 0 Å². The third-order valence-corrected chi connectivity index (χ3v) is 6.74. The topological polar surface area (TPSA) is 81.8 Å². The molecule has 0 atom stereocenters. The van der Waals surface area contributed by atoms with Gasteiger partial charge in [-0.3, -0.25) is 14.4 Å². The lowest BCUT2D eigenvalue weighted by Gasteiger charge is -2.25. The lowest BCUT2D eigenvalue weighted by Crippen LogP contribution is -2.52. The van der Waals surface area contributed by atoms with Crippen LogP contribution in [0.1, 0.15) is 45.9 Å². The van der Waals surface area contributed by atoms with Gasteiger partial charge < -0.3 is 20.4 Å². The van der Waals surface area contributed by atoms with E-state index in [9.17, 15) is 14.4 Å². The highest BCUT2D eigenvalue weighted by Crippen LogP contribution is 2.23. The summed E-state index contributed by atoms with van der Waals surface area (Å²) >= 11 is 7.04. The van der Waals surface area contributed by atoms with Crippen molar-refractivity contribution in [2.24, 2.45) is 0 Å². The quantitative estimate of drug-likeness (QED) is 0.690. The molecule has 2 N–H and O–H groups in total. The molecule has 1 fully saturated rings. The van der Waals surface area contributed by atoms with E-state index in [1.807, 2.05) is 11.8 Å². The van der Waals surface area contributed by atoms with Gasteiger partial charge in [-0.1, -0.05) is 11.6 Å². The molecule has 0 aliphatic carbocycles. The van der Waals surface area contributed by atoms with Gasteiger partial charge in [-0.25, -0.2) is 0 Å². The summed E-state index contributed by atoms with van der Waals surface area (Å²) in [6, 6.07) is 8.52. The Morgan fingerprint density at radius 1 is 1.06 bits per heavy atom. The number of likely N-dealkylation sites (N-methyl/N-ethyl adjacent to an activating group) is 1. The number of amides is 3. The Bertz CT molecular complexity index is 1020. The molecule has 0 radical (unpaired) electrons. The molecule has 1 aliphatic heterocycles. The first-order valence-electron chi connectivity index (χ1n) is 10.5. The molecule has 32 heavy (non-hydrogen) atoms. The third-order valence-electron chi connectivity index (χ3n) is 5.51. The molecular formula is C23H29ClN4O3S. The summed E-state index contributed by atoms with van der Waals surface area (Å²) in [5.74, 6) is -0.706. The molecule has 0 bridgehead atoms. The maximum Gasteiger partial charge on any atom is 0.262 e. The Morgan fingerprint density at radius 2 is 1.81 bits per heavy atom. The van der Waals surface area contributed by atoms with Gasteiger partial charge >= 0.3 is 0 Å². The zero-order chi connectivity index (χ0) is 23.5. The number of nitrogens with one attached hydrogen (secondary N) is 2. The van der Waals surface area contributed by atoms with E-state index < -0.39 is 5.54 Å². The standard InChI is InChI=1S/C23H29ClN4O3S/c1-15-14-16(6-7-17(15)21(30)28-11-5-10-27(4)12-13-28)25-22(31)23(2,3)26-20(29)18-8-9-19(24)32-18/h6-9,14H,5,10-13H2,1-4H3,(H,25,31)(H,26,29). The van der Waals surface area contributed by atoms with Crippen LogP contribution in [0.3, 0.4) is 0 Å². The van der Waals surface area contributed by atoms with Crippen molar-refractivity contribution < 1.29 is 14.4 Å². The molecular weight excluding hydrogens is 448 g/mol. The number of aryl methyl sites for hydroxylation is 1. The Labute approximate surface area is 197 Å². The lowest BCUT2D eigenvalue weighted by atomic mass is 10.0. The number of rotatable bonds is 5. The molecule has 1 aromatic heterocycles. The first-order valence-corrected chi connectivity index (χ1v) is 11.7. The molecule has 1 saturated heterocycles. The van der Waals surface area contributed by atoms with Crippen LogP contribution in [0.2, 0.25) is 4.34 Å². The van der Waals surface area contributed by atoms with Crippen molar-refractivity contribution >= 4 is 46.3 Å². The fourth-order valence-corrected chi connectivity index (χ4v) is 4.47. The van der Waals surface area contributed by atoms with E-state index in [0.29, 0.717) is 27.0 Å². The van der Waals surface area contributed by atoms with Crippen LogP contribution in [0.4, 0.5) is 5.69 Å². The van der Waals surface area contributed by atoms with Crippen molar-refractivity contribution in [3.63, 3.8) is 0 Å². The maximum atomic E-state index is 13.0. The fourth-order valence-electron chi connectivity index (χ4n) is 3.53. The number of carbonyl (C=O) groups is 3. The SMILES string of the molecule is Cc1cc(NC(=O)C(C)(C)NC(=O)c2ccc(Cl)s2)ccc1C(=O)N1CCCN(C)CC1. The Hall–Kier alpha value is -2.42. The smallest absolute Gasteiger partial charge is 0.262 e. The van der Waals surface area contributed by atoms with E-state index in [0.717, 1.165) is 43.0 Å². The minimum Gasteiger partial charge on any atom is -0.337 e. The first-order chi connectivity index (χ1) is 15.1. The highest BCUT2D eigenvalue weighted by Gasteiger charge is 2.30. The molecule has 1 aromatic carbocycles. The van der Waals surface area contributed by atoms with Crippen molar-refractivity contribution in [2.45, 2.75) is 32.7 Å². The van der Waals surface area contributed by atoms with Crippen molar-refractivity contribution in [1.82, 2.24) is 15.1 Å². The molecule has 7 nitrogen and oxygen atoms in total. The van der Waals surface area contributed by atoms with Gasteiger partial charge in [0.1, 0.15) is 5.54 Å². The second-order valence-electron chi connectivity index (χ2n) is 8.62. The molecule has 1 aliphatic rings. The van der Waals surface area contributed by atoms with E-state index in [1.54, 1.807) is 44.2 Å². The summed E-state index contributed by atoms with van der Waals surface area (Å²) in [7, 11) is 2.07. The summed E-state index contributed by atoms with van der Waals surface area (Å²) in [4.78, 5) is 42.8. The second-order valence-corrected chi connectivity index (χ2v) is 10.3. The van der Waals surface area contributed by atoms with Crippen LogP contribution in [0.5, 0.6) is 0 Å². The first kappa shape index (κ1) is 24.2. The van der Waals surface area contributed by atoms with E-state index in [-0.39, 0.29) is 17.7 Å². The molecule has 0 unspecified atom stereocenters. The predicted octanol–water partition coefficient (Wildman–Crippen LogP) is 3.63. The van der Waals surface area contributed by atoms with Crippen LogP contribution in [0.15, 0.2) is 30.3 Å². The number of thiophene rings is 1. The van der Waals surface area contributed by atoms with Crippen LogP contribution in [-0.2, 0) is 4.79 Å². The number of carbonyl (C=O) groups excluding carboxylic acids is 3. The fraction of sp³-hybridized carbons (Fsp3) is 0.435. The average molecular weight is 477 g/mol. The van der Waals surface area contributed by atoms with E-state index in [2.05, 4.69) is 22.6 Å². The maximum absolute atomic E-state index is 13.0. The minimum atomic E-state index is -1.14. The van der Waals surface area contributed by atoms with Crippen LogP contribution in [-0.4, -0.2) is 66.3 Å². The molecule has 2 aromatic rings. The number of halogens is 1. The highest BCUT2D eigenvalue weighted by molar-refractivity contribution is 7.18. The minimum absolute atomic E-state index is 0.0119. The number of benzene rings is 1. The van der Waals surface area contributed by atoms with Crippen molar-refractivity contribution in [3.05, 3.63) is 50.7 Å². The van der Waals surface area contributed by atoms with Gasteiger partial charge in [-0.2, -0.15) is 0 Å². The summed E-state index contributed by atoms with van der Waals surface area (Å²) in [6.45, 7) is 8.42. The van der Waals surface area contributed by atoms with Crippen LogP contribution in [0, 0.1) is 6.92 Å². The van der Waals surface area contributed by atoms with Gasteiger partial charge in [0.25, 0.3) is 11.8 Å². The predicted molar refractivity (Wildman–Crippen MR) is 129 cm³/mol. The number of hydrogen-bond donors (Lipinski definition) is 2. The second kappa shape index (κ2) is 10.0. The molecule has 9 heteroatoms. The van der Waals surface area contributed by atoms with Gasteiger partial charge in [-0.15, -0.1) is 11.3 Å². The Kier molecular flexibility index (Phi) is 7.59. The molecule has 3 amide bonds. The van der Waals surface area contributed by atoms with Gasteiger partial charge in [0.05, 0.1) is 9.21 Å². The molecule has 0 saturated carbocycles. The zero-order valence-corrected chi connectivity index (χ0v) is 20.4. The van der Waals surface area contributed by atoms with Crippen molar-refractivity contribution in [2.75, 3.05) is 38.5 Å². The van der Waals surface area contributed by atoms with Crippen molar-refractivity contribution in [3.8, 4) is 0 Å². The molecule has 0 spiro atoms. The molecule has 3 rings (SSSR count). The van der Waals surface area contributed by atoms with E-state index in [4.69, 9.17) is 11.6 Å². The van der Waals surface area contributed by atoms with Crippen molar-refractivity contribution in [1.29, 1.82) is 0 Å². The third kappa shape index (κ3) is 5.88. The van der Waals surface area contributed by atoms with Gasteiger partial charge in [0.2, 0.25) is 5.91 Å². The Morgan fingerprint density at radius 3 is 2.47 bits per heavy atom. The number of hydrogen-bond acceptors (Lipinski definition) is 5. The summed E-state index contributed by atoms with van der Waals surface area (Å²) in [5, 5.41) is 5.58. The molecule has 172 valence electrons. The Balaban J connectivity index is 1.65. The van der Waals surface area contributed by atoms with E-state index in [1.165, 1.54) is 0 Å². The normalized spacial score (nSPS) is 15.2. The lowest BCUT2D eigenvalue weighted by molar-refractivity contribution is -0.120. The average Bonchev–Trinajstić information content (AvgIpc) is 3.04. The summed E-state index contributed by atoms with van der Waals surface area (Å²) < 4.78 is 0.509. The summed E-state index contributed by atoms with van der Waals surface area (Å²) in [6.07, 6.45) is 0.952. The number of anilines is 1. The van der Waals surface area contributed by atoms with E-state index >= 15 is 0 Å². The number of nitrogens with zero attached hydrogens (tertiary/aromatic N) is 2. The zero-order valence-electron chi connectivity index (χ0n) is 18.8.